The Morgan fingerprint density at radius 3 is 2.78 bits per heavy atom. The standard InChI is InChI=1S/C18H29N3S2/c1-2-3-4-5-6-7-8-9-10-11-13-20-18(22)21-14-12-17-19-15-16-23-17/h8-11,15-16H,2-7,12-14H2,1H3,(H2,20,21,22)/b9-8+,11-10+. The van der Waals surface area contributed by atoms with Gasteiger partial charge in [-0.05, 0) is 25.1 Å². The number of thiocarbonyl (C=S) groups is 1. The molecule has 0 aromatic carbocycles. The summed E-state index contributed by atoms with van der Waals surface area (Å²) < 4.78 is 0. The smallest absolute Gasteiger partial charge is 0.166 e. The van der Waals surface area contributed by atoms with Crippen LogP contribution in [0.1, 0.15) is 50.5 Å². The quantitative estimate of drug-likeness (QED) is 0.327. The van der Waals surface area contributed by atoms with Crippen LogP contribution in [-0.4, -0.2) is 23.2 Å². The fraction of sp³-hybridized carbons (Fsp3) is 0.556. The zero-order valence-corrected chi connectivity index (χ0v) is 15.7. The van der Waals surface area contributed by atoms with Crippen LogP contribution >= 0.6 is 23.6 Å². The normalized spacial score (nSPS) is 11.3. The van der Waals surface area contributed by atoms with Crippen LogP contribution in [0.25, 0.3) is 0 Å². The van der Waals surface area contributed by atoms with Gasteiger partial charge in [0.05, 0.1) is 5.01 Å². The molecule has 0 aliphatic heterocycles. The van der Waals surface area contributed by atoms with Gasteiger partial charge in [0.15, 0.2) is 5.11 Å². The van der Waals surface area contributed by atoms with Gasteiger partial charge in [0.25, 0.3) is 0 Å². The molecule has 1 aromatic rings. The van der Waals surface area contributed by atoms with Gasteiger partial charge in [-0.15, -0.1) is 11.3 Å². The number of rotatable bonds is 12. The van der Waals surface area contributed by atoms with Gasteiger partial charge in [0, 0.05) is 31.1 Å². The fourth-order valence-electron chi connectivity index (χ4n) is 2.06. The minimum absolute atomic E-state index is 0.700. The van der Waals surface area contributed by atoms with Crippen LogP contribution in [0, 0.1) is 0 Å². The first-order valence-electron chi connectivity index (χ1n) is 8.54. The second kappa shape index (κ2) is 14.4. The molecule has 0 aliphatic carbocycles. The SMILES string of the molecule is CCCCCCC/C=C/C=C/CNC(=S)NCCc1nccs1. The van der Waals surface area contributed by atoms with E-state index in [2.05, 4.69) is 46.8 Å². The Balaban J connectivity index is 1.93. The highest BCUT2D eigenvalue weighted by Gasteiger charge is 1.96. The number of nitrogens with zero attached hydrogens (tertiary/aromatic N) is 1. The lowest BCUT2D eigenvalue weighted by Gasteiger charge is -2.07. The van der Waals surface area contributed by atoms with Gasteiger partial charge in [0.1, 0.15) is 0 Å². The number of nitrogens with one attached hydrogen (secondary N) is 2. The van der Waals surface area contributed by atoms with Gasteiger partial charge in [-0.3, -0.25) is 0 Å². The van der Waals surface area contributed by atoms with Crippen molar-refractivity contribution in [3.8, 4) is 0 Å². The summed E-state index contributed by atoms with van der Waals surface area (Å²) in [6, 6.07) is 0. The molecule has 1 rings (SSSR count). The predicted octanol–water partition coefficient (Wildman–Crippen LogP) is 4.62. The van der Waals surface area contributed by atoms with E-state index >= 15 is 0 Å². The molecule has 0 fully saturated rings. The number of hydrogen-bond donors (Lipinski definition) is 2. The monoisotopic (exact) mass is 351 g/mol. The van der Waals surface area contributed by atoms with Crippen molar-refractivity contribution in [3.63, 3.8) is 0 Å². The summed E-state index contributed by atoms with van der Waals surface area (Å²) >= 11 is 6.90. The molecule has 0 amide bonds. The van der Waals surface area contributed by atoms with E-state index in [0.29, 0.717) is 5.11 Å². The highest BCUT2D eigenvalue weighted by molar-refractivity contribution is 7.80. The third-order valence-electron chi connectivity index (χ3n) is 3.35. The first kappa shape index (κ1) is 19.8. The molecule has 0 bridgehead atoms. The topological polar surface area (TPSA) is 37.0 Å². The molecule has 1 aromatic heterocycles. The number of unbranched alkanes of at least 4 members (excludes halogenated alkanes) is 5. The minimum Gasteiger partial charge on any atom is -0.362 e. The van der Waals surface area contributed by atoms with Crippen LogP contribution in [0.4, 0.5) is 0 Å². The van der Waals surface area contributed by atoms with Crippen molar-refractivity contribution in [1.29, 1.82) is 0 Å². The average molecular weight is 352 g/mol. The minimum atomic E-state index is 0.700. The Hall–Kier alpha value is -1.20. The van der Waals surface area contributed by atoms with Crippen molar-refractivity contribution in [2.24, 2.45) is 0 Å². The first-order chi connectivity index (χ1) is 11.3. The van der Waals surface area contributed by atoms with E-state index in [1.54, 1.807) is 11.3 Å². The van der Waals surface area contributed by atoms with Crippen molar-refractivity contribution in [1.82, 2.24) is 15.6 Å². The van der Waals surface area contributed by atoms with E-state index in [1.165, 1.54) is 38.5 Å². The fourth-order valence-corrected chi connectivity index (χ4v) is 2.87. The first-order valence-corrected chi connectivity index (χ1v) is 9.83. The largest absolute Gasteiger partial charge is 0.362 e. The number of hydrogen-bond acceptors (Lipinski definition) is 3. The van der Waals surface area contributed by atoms with Crippen LogP contribution in [0.3, 0.4) is 0 Å². The highest BCUT2D eigenvalue weighted by atomic mass is 32.1. The molecule has 0 radical (unpaired) electrons. The van der Waals surface area contributed by atoms with Crippen LogP contribution in [0.2, 0.25) is 0 Å². The van der Waals surface area contributed by atoms with Crippen molar-refractivity contribution in [3.05, 3.63) is 40.9 Å². The lowest BCUT2D eigenvalue weighted by molar-refractivity contribution is 0.637. The second-order valence-corrected chi connectivity index (χ2v) is 6.76. The number of allylic oxidation sites excluding steroid dienone is 3. The average Bonchev–Trinajstić information content (AvgIpc) is 3.06. The van der Waals surface area contributed by atoms with E-state index in [1.807, 2.05) is 11.6 Å². The Morgan fingerprint density at radius 2 is 2.00 bits per heavy atom. The molecule has 0 saturated heterocycles. The summed E-state index contributed by atoms with van der Waals surface area (Å²) in [5.41, 5.74) is 0. The lowest BCUT2D eigenvalue weighted by atomic mass is 10.1. The van der Waals surface area contributed by atoms with Gasteiger partial charge in [-0.2, -0.15) is 0 Å². The molecule has 23 heavy (non-hydrogen) atoms. The summed E-state index contributed by atoms with van der Waals surface area (Å²) in [4.78, 5) is 4.24. The van der Waals surface area contributed by atoms with Crippen molar-refractivity contribution in [2.75, 3.05) is 13.1 Å². The van der Waals surface area contributed by atoms with Gasteiger partial charge in [-0.25, -0.2) is 4.98 Å². The molecule has 3 nitrogen and oxygen atoms in total. The third kappa shape index (κ3) is 12.0. The zero-order chi connectivity index (χ0) is 16.6. The van der Waals surface area contributed by atoms with Crippen LogP contribution in [0.5, 0.6) is 0 Å². The van der Waals surface area contributed by atoms with Gasteiger partial charge in [-0.1, -0.05) is 56.9 Å². The Bertz CT molecular complexity index is 453. The molecule has 0 unspecified atom stereocenters. The van der Waals surface area contributed by atoms with Crippen molar-refractivity contribution >= 4 is 28.7 Å². The summed E-state index contributed by atoms with van der Waals surface area (Å²) in [7, 11) is 0. The summed E-state index contributed by atoms with van der Waals surface area (Å²) in [6.45, 7) is 3.83. The number of thiazole rings is 1. The summed E-state index contributed by atoms with van der Waals surface area (Å²) in [5.74, 6) is 0. The molecule has 0 atom stereocenters. The maximum absolute atomic E-state index is 5.23. The van der Waals surface area contributed by atoms with E-state index in [-0.39, 0.29) is 0 Å². The Morgan fingerprint density at radius 1 is 1.17 bits per heavy atom. The molecule has 0 saturated carbocycles. The molecule has 2 N–H and O–H groups in total. The summed E-state index contributed by atoms with van der Waals surface area (Å²) in [6.07, 6.45) is 19.2. The van der Waals surface area contributed by atoms with E-state index in [4.69, 9.17) is 12.2 Å². The number of aromatic nitrogens is 1. The molecule has 5 heteroatoms. The summed E-state index contributed by atoms with van der Waals surface area (Å²) in [5, 5.41) is 10.2. The molecule has 128 valence electrons. The Labute approximate surface area is 150 Å². The van der Waals surface area contributed by atoms with Crippen LogP contribution in [-0.2, 0) is 6.42 Å². The lowest BCUT2D eigenvalue weighted by Crippen LogP contribution is -2.36. The maximum atomic E-state index is 5.23. The highest BCUT2D eigenvalue weighted by Crippen LogP contribution is 2.05. The second-order valence-electron chi connectivity index (χ2n) is 5.37. The molecular formula is C18H29N3S2. The van der Waals surface area contributed by atoms with Gasteiger partial charge in [0.2, 0.25) is 0 Å². The van der Waals surface area contributed by atoms with Crippen LogP contribution in [0.15, 0.2) is 35.9 Å². The van der Waals surface area contributed by atoms with E-state index < -0.39 is 0 Å². The Kier molecular flexibility index (Phi) is 12.4. The van der Waals surface area contributed by atoms with Gasteiger partial charge >= 0.3 is 0 Å². The predicted molar refractivity (Wildman–Crippen MR) is 106 cm³/mol. The zero-order valence-electron chi connectivity index (χ0n) is 14.1. The van der Waals surface area contributed by atoms with Crippen molar-refractivity contribution in [2.45, 2.75) is 51.9 Å². The van der Waals surface area contributed by atoms with Gasteiger partial charge < -0.3 is 10.6 Å². The van der Waals surface area contributed by atoms with E-state index in [9.17, 15) is 0 Å². The third-order valence-corrected chi connectivity index (χ3v) is 4.47. The molecule has 1 heterocycles. The van der Waals surface area contributed by atoms with Crippen molar-refractivity contribution < 1.29 is 0 Å². The molecule has 0 aliphatic rings. The maximum Gasteiger partial charge on any atom is 0.166 e. The van der Waals surface area contributed by atoms with Crippen LogP contribution < -0.4 is 10.6 Å². The van der Waals surface area contributed by atoms with E-state index in [0.717, 1.165) is 24.5 Å². The molecular weight excluding hydrogens is 322 g/mol. The molecule has 0 spiro atoms.